The van der Waals surface area contributed by atoms with Gasteiger partial charge in [-0.25, -0.2) is 4.98 Å². The zero-order valence-electron chi connectivity index (χ0n) is 16.1. The molecule has 0 radical (unpaired) electrons. The van der Waals surface area contributed by atoms with Crippen LogP contribution in [0.1, 0.15) is 19.8 Å². The number of hydrogen-bond donors (Lipinski definition) is 1. The summed E-state index contributed by atoms with van der Waals surface area (Å²) in [7, 11) is 1.89. The molecule has 146 valence electrons. The molecule has 3 rings (SSSR count). The van der Waals surface area contributed by atoms with E-state index in [1.54, 1.807) is 0 Å². The maximum Gasteiger partial charge on any atom is 0.193 e. The zero-order valence-corrected chi connectivity index (χ0v) is 18.4. The highest BCUT2D eigenvalue weighted by Gasteiger charge is 2.24. The summed E-state index contributed by atoms with van der Waals surface area (Å²) in [6.07, 6.45) is 4.42. The molecule has 26 heavy (non-hydrogen) atoms. The number of nitrogens with one attached hydrogen (secondary N) is 1. The van der Waals surface area contributed by atoms with E-state index >= 15 is 0 Å². The third-order valence-electron chi connectivity index (χ3n) is 5.22. The predicted molar refractivity (Wildman–Crippen MR) is 120 cm³/mol. The molecule has 0 spiro atoms. The van der Waals surface area contributed by atoms with E-state index in [1.807, 2.05) is 19.3 Å². The molecule has 1 unspecified atom stereocenters. The van der Waals surface area contributed by atoms with Gasteiger partial charge in [-0.2, -0.15) is 0 Å². The summed E-state index contributed by atoms with van der Waals surface area (Å²) < 4.78 is 0. The lowest BCUT2D eigenvalue weighted by Crippen LogP contribution is -2.53. The van der Waals surface area contributed by atoms with Crippen LogP contribution in [-0.2, 0) is 0 Å². The van der Waals surface area contributed by atoms with Crippen molar-refractivity contribution in [1.29, 1.82) is 0 Å². The van der Waals surface area contributed by atoms with E-state index in [-0.39, 0.29) is 24.0 Å². The van der Waals surface area contributed by atoms with Crippen molar-refractivity contribution in [3.63, 3.8) is 0 Å². The second-order valence-corrected chi connectivity index (χ2v) is 7.05. The van der Waals surface area contributed by atoms with Gasteiger partial charge in [-0.3, -0.25) is 4.99 Å². The van der Waals surface area contributed by atoms with Crippen LogP contribution < -0.4 is 10.2 Å². The summed E-state index contributed by atoms with van der Waals surface area (Å²) in [6, 6.07) is 6.11. The first kappa shape index (κ1) is 21.2. The summed E-state index contributed by atoms with van der Waals surface area (Å²) in [5, 5.41) is 3.61. The van der Waals surface area contributed by atoms with Crippen molar-refractivity contribution in [2.75, 3.05) is 64.3 Å². The number of halogens is 1. The Bertz CT molecular complexity index is 544. The van der Waals surface area contributed by atoms with Gasteiger partial charge in [-0.05, 0) is 44.0 Å². The van der Waals surface area contributed by atoms with Gasteiger partial charge >= 0.3 is 0 Å². The van der Waals surface area contributed by atoms with E-state index in [4.69, 9.17) is 0 Å². The molecule has 6 nitrogen and oxygen atoms in total. The lowest BCUT2D eigenvalue weighted by Gasteiger charge is -2.37. The maximum absolute atomic E-state index is 4.51. The average Bonchev–Trinajstić information content (AvgIpc) is 3.11. The standard InChI is InChI=1S/C19H32N6.HI/c1-3-9-23-10-7-17(16-23)15-22-19(20-2)25-13-11-24(12-14-25)18-6-4-5-8-21-18;/h4-6,8,17H,3,7,9-16H2,1-2H3,(H,20,22);1H. The van der Waals surface area contributed by atoms with Gasteiger partial charge in [-0.1, -0.05) is 13.0 Å². The summed E-state index contributed by atoms with van der Waals surface area (Å²) >= 11 is 0. The molecule has 0 saturated carbocycles. The topological polar surface area (TPSA) is 47.0 Å². The number of nitrogens with zero attached hydrogens (tertiary/aromatic N) is 5. The van der Waals surface area contributed by atoms with Crippen LogP contribution in [0, 0.1) is 5.92 Å². The molecule has 7 heteroatoms. The molecule has 3 heterocycles. The van der Waals surface area contributed by atoms with E-state index in [9.17, 15) is 0 Å². The Kier molecular flexibility index (Phi) is 8.90. The highest BCUT2D eigenvalue weighted by atomic mass is 127. The Labute approximate surface area is 175 Å². The molecule has 0 aromatic carbocycles. The fourth-order valence-corrected chi connectivity index (χ4v) is 3.85. The number of rotatable bonds is 5. The largest absolute Gasteiger partial charge is 0.356 e. The first-order valence-corrected chi connectivity index (χ1v) is 9.64. The normalized spacial score (nSPS) is 21.6. The SMILES string of the molecule is CCCN1CCC(CNC(=NC)N2CCN(c3ccccn3)CC2)C1.I. The smallest absolute Gasteiger partial charge is 0.193 e. The molecule has 1 aromatic rings. The molecule has 1 N–H and O–H groups in total. The van der Waals surface area contributed by atoms with Gasteiger partial charge in [0.15, 0.2) is 5.96 Å². The van der Waals surface area contributed by atoms with Gasteiger partial charge in [0.25, 0.3) is 0 Å². The third kappa shape index (κ3) is 5.70. The highest BCUT2D eigenvalue weighted by molar-refractivity contribution is 14.0. The first-order chi connectivity index (χ1) is 12.3. The quantitative estimate of drug-likeness (QED) is 0.404. The molecule has 0 amide bonds. The summed E-state index contributed by atoms with van der Waals surface area (Å²) in [5.74, 6) is 2.87. The number of pyridine rings is 1. The van der Waals surface area contributed by atoms with Crippen LogP contribution in [0.25, 0.3) is 0 Å². The Morgan fingerprint density at radius 1 is 1.23 bits per heavy atom. The number of aliphatic imine (C=N–C) groups is 1. The van der Waals surface area contributed by atoms with Crippen molar-refractivity contribution in [1.82, 2.24) is 20.1 Å². The molecule has 0 bridgehead atoms. The second kappa shape index (κ2) is 10.9. The molecule has 2 aliphatic heterocycles. The number of anilines is 1. The average molecular weight is 472 g/mol. The zero-order chi connectivity index (χ0) is 17.5. The monoisotopic (exact) mass is 472 g/mol. The Hall–Kier alpha value is -1.09. The van der Waals surface area contributed by atoms with Crippen molar-refractivity contribution < 1.29 is 0 Å². The summed E-state index contributed by atoms with van der Waals surface area (Å²) in [5.41, 5.74) is 0. The first-order valence-electron chi connectivity index (χ1n) is 9.64. The van der Waals surface area contributed by atoms with Crippen molar-refractivity contribution in [2.45, 2.75) is 19.8 Å². The number of likely N-dealkylation sites (tertiary alicyclic amines) is 1. The van der Waals surface area contributed by atoms with E-state index < -0.39 is 0 Å². The van der Waals surface area contributed by atoms with E-state index in [1.165, 1.54) is 32.5 Å². The molecule has 2 aliphatic rings. The van der Waals surface area contributed by atoms with Gasteiger partial charge in [0.2, 0.25) is 0 Å². The van der Waals surface area contributed by atoms with Crippen LogP contribution >= 0.6 is 24.0 Å². The van der Waals surface area contributed by atoms with Crippen molar-refractivity contribution in [3.05, 3.63) is 24.4 Å². The molecule has 1 atom stereocenters. The van der Waals surface area contributed by atoms with E-state index in [0.717, 1.165) is 50.4 Å². The molecular weight excluding hydrogens is 439 g/mol. The van der Waals surface area contributed by atoms with E-state index in [0.29, 0.717) is 0 Å². The summed E-state index contributed by atoms with van der Waals surface area (Å²) in [6.45, 7) is 11.0. The maximum atomic E-state index is 4.51. The summed E-state index contributed by atoms with van der Waals surface area (Å²) in [4.78, 5) is 16.3. The lowest BCUT2D eigenvalue weighted by molar-refractivity contribution is 0.322. The fourth-order valence-electron chi connectivity index (χ4n) is 3.85. The van der Waals surface area contributed by atoms with Crippen molar-refractivity contribution in [2.24, 2.45) is 10.9 Å². The Morgan fingerprint density at radius 2 is 2.04 bits per heavy atom. The van der Waals surface area contributed by atoms with Crippen molar-refractivity contribution >= 4 is 35.8 Å². The molecule has 1 aromatic heterocycles. The van der Waals surface area contributed by atoms with Crippen LogP contribution in [0.2, 0.25) is 0 Å². The van der Waals surface area contributed by atoms with Gasteiger partial charge in [0.05, 0.1) is 0 Å². The van der Waals surface area contributed by atoms with Crippen LogP contribution in [0.4, 0.5) is 5.82 Å². The lowest BCUT2D eigenvalue weighted by atomic mass is 10.1. The van der Waals surface area contributed by atoms with E-state index in [2.05, 4.69) is 49.0 Å². The van der Waals surface area contributed by atoms with Crippen molar-refractivity contribution in [3.8, 4) is 0 Å². The Morgan fingerprint density at radius 3 is 2.69 bits per heavy atom. The predicted octanol–water partition coefficient (Wildman–Crippen LogP) is 2.13. The molecular formula is C19H33IN6. The van der Waals surface area contributed by atoms with Crippen LogP contribution in [0.15, 0.2) is 29.4 Å². The minimum absolute atomic E-state index is 0. The molecule has 2 saturated heterocycles. The second-order valence-electron chi connectivity index (χ2n) is 7.05. The van der Waals surface area contributed by atoms with Gasteiger partial charge in [0.1, 0.15) is 5.82 Å². The number of guanidine groups is 1. The number of aromatic nitrogens is 1. The van der Waals surface area contributed by atoms with Crippen LogP contribution in [0.3, 0.4) is 0 Å². The fraction of sp³-hybridized carbons (Fsp3) is 0.684. The molecule has 2 fully saturated rings. The number of hydrogen-bond acceptors (Lipinski definition) is 4. The Balaban J connectivity index is 0.00000243. The van der Waals surface area contributed by atoms with Gasteiger partial charge in [-0.15, -0.1) is 24.0 Å². The van der Waals surface area contributed by atoms with Gasteiger partial charge in [0, 0.05) is 52.5 Å². The minimum Gasteiger partial charge on any atom is -0.356 e. The molecule has 0 aliphatic carbocycles. The van der Waals surface area contributed by atoms with Crippen LogP contribution in [-0.4, -0.2) is 80.1 Å². The highest BCUT2D eigenvalue weighted by Crippen LogP contribution is 2.16. The van der Waals surface area contributed by atoms with Gasteiger partial charge < -0.3 is 20.0 Å². The minimum atomic E-state index is 0. The van der Waals surface area contributed by atoms with Crippen LogP contribution in [0.5, 0.6) is 0 Å². The number of piperazine rings is 1. The third-order valence-corrected chi connectivity index (χ3v) is 5.22.